The van der Waals surface area contributed by atoms with Crippen LogP contribution in [0.2, 0.25) is 18.1 Å². The smallest absolute Gasteiger partial charge is 0.362 e. The van der Waals surface area contributed by atoms with Gasteiger partial charge in [0.25, 0.3) is 5.69 Å². The highest BCUT2D eigenvalue weighted by molar-refractivity contribution is 6.74. The number of esters is 2. The van der Waals surface area contributed by atoms with Crippen molar-refractivity contribution in [3.05, 3.63) is 51.2 Å². The van der Waals surface area contributed by atoms with Gasteiger partial charge in [-0.3, -0.25) is 14.9 Å². The minimum Gasteiger partial charge on any atom is -0.413 e. The van der Waals surface area contributed by atoms with Crippen LogP contribution in [0.1, 0.15) is 45.0 Å². The largest absolute Gasteiger partial charge is 0.413 e. The van der Waals surface area contributed by atoms with Gasteiger partial charge in [-0.15, -0.1) is 0 Å². The Hall–Kier alpha value is -2.89. The molecule has 1 fully saturated rings. The van der Waals surface area contributed by atoms with Crippen LogP contribution >= 0.6 is 0 Å². The lowest BCUT2D eigenvalue weighted by atomic mass is 9.78. The van der Waals surface area contributed by atoms with Crippen LogP contribution in [0.3, 0.4) is 0 Å². The summed E-state index contributed by atoms with van der Waals surface area (Å²) in [5.41, 5.74) is -0.0633. The summed E-state index contributed by atoms with van der Waals surface area (Å²) in [6.07, 6.45) is -0.385. The predicted octanol–water partition coefficient (Wildman–Crippen LogP) is 3.41. The first-order valence-corrected chi connectivity index (χ1v) is 14.4. The fourth-order valence-corrected chi connectivity index (χ4v) is 5.88. The SMILES string of the molecule is C[C@@H](O[Si](C)(C)C(C)(C)C)[C@H]1C(=O)N2C(C(=O)OC(=O)c3ccc([N+](=O)[O-])cc3)=C(CO)[C@H](C)[C@H]12. The maximum atomic E-state index is 13.2. The third-order valence-electron chi connectivity index (χ3n) is 7.45. The number of benzene rings is 1. The van der Waals surface area contributed by atoms with Crippen LogP contribution in [0.5, 0.6) is 0 Å². The van der Waals surface area contributed by atoms with Crippen LogP contribution in [0.15, 0.2) is 35.5 Å². The molecule has 2 aliphatic rings. The molecule has 0 bridgehead atoms. The molecule has 0 saturated carbocycles. The van der Waals surface area contributed by atoms with Gasteiger partial charge in [-0.05, 0) is 42.8 Å². The summed E-state index contributed by atoms with van der Waals surface area (Å²) in [5, 5.41) is 20.7. The first-order valence-electron chi connectivity index (χ1n) is 11.5. The number of rotatable bonds is 7. The van der Waals surface area contributed by atoms with Crippen molar-refractivity contribution in [1.82, 2.24) is 4.90 Å². The lowest BCUT2D eigenvalue weighted by Crippen LogP contribution is -2.65. The maximum Gasteiger partial charge on any atom is 0.362 e. The Morgan fingerprint density at radius 2 is 1.77 bits per heavy atom. The summed E-state index contributed by atoms with van der Waals surface area (Å²) in [6, 6.07) is 4.22. The third kappa shape index (κ3) is 4.67. The number of nitro groups is 1. The molecule has 190 valence electrons. The van der Waals surface area contributed by atoms with Gasteiger partial charge in [0.05, 0.1) is 35.2 Å². The van der Waals surface area contributed by atoms with Crippen molar-refractivity contribution in [2.24, 2.45) is 11.8 Å². The van der Waals surface area contributed by atoms with E-state index < -0.39 is 37.7 Å². The average molecular weight is 505 g/mol. The lowest BCUT2D eigenvalue weighted by molar-refractivity contribution is -0.384. The monoisotopic (exact) mass is 504 g/mol. The summed E-state index contributed by atoms with van der Waals surface area (Å²) < 4.78 is 11.4. The summed E-state index contributed by atoms with van der Waals surface area (Å²) in [6.45, 7) is 13.8. The van der Waals surface area contributed by atoms with E-state index in [-0.39, 0.29) is 46.0 Å². The van der Waals surface area contributed by atoms with Gasteiger partial charge in [0.1, 0.15) is 5.70 Å². The number of β-lactam (4-membered cyclic amide) rings is 1. The molecule has 0 spiro atoms. The van der Waals surface area contributed by atoms with Crippen LogP contribution in [0.4, 0.5) is 5.69 Å². The van der Waals surface area contributed by atoms with Crippen molar-refractivity contribution in [2.75, 3.05) is 6.61 Å². The lowest BCUT2D eigenvalue weighted by Gasteiger charge is -2.50. The summed E-state index contributed by atoms with van der Waals surface area (Å²) >= 11 is 0. The molecular weight excluding hydrogens is 472 g/mol. The highest BCUT2D eigenvalue weighted by Gasteiger charge is 2.61. The van der Waals surface area contributed by atoms with Gasteiger partial charge in [0.15, 0.2) is 8.32 Å². The van der Waals surface area contributed by atoms with E-state index in [1.54, 1.807) is 0 Å². The molecule has 10 nitrogen and oxygen atoms in total. The second-order valence-electron chi connectivity index (χ2n) is 10.6. The number of ether oxygens (including phenoxy) is 1. The van der Waals surface area contributed by atoms with Crippen molar-refractivity contribution in [2.45, 2.75) is 64.9 Å². The van der Waals surface area contributed by atoms with Crippen LogP contribution in [0.25, 0.3) is 0 Å². The molecule has 0 aromatic heterocycles. The van der Waals surface area contributed by atoms with E-state index in [4.69, 9.17) is 9.16 Å². The molecule has 0 unspecified atom stereocenters. The van der Waals surface area contributed by atoms with Gasteiger partial charge < -0.3 is 19.2 Å². The minimum atomic E-state index is -2.16. The zero-order valence-electron chi connectivity index (χ0n) is 21.0. The Morgan fingerprint density at radius 3 is 2.26 bits per heavy atom. The first-order chi connectivity index (χ1) is 16.1. The highest BCUT2D eigenvalue weighted by atomic mass is 28.4. The molecule has 2 aliphatic heterocycles. The summed E-state index contributed by atoms with van der Waals surface area (Å²) in [4.78, 5) is 50.1. The van der Waals surface area contributed by atoms with Crippen molar-refractivity contribution in [1.29, 1.82) is 0 Å². The number of nitro benzene ring substituents is 1. The first kappa shape index (κ1) is 26.7. The van der Waals surface area contributed by atoms with Gasteiger partial charge in [-0.2, -0.15) is 0 Å². The summed E-state index contributed by atoms with van der Waals surface area (Å²) in [5.74, 6) is -3.19. The number of non-ortho nitro benzene ring substituents is 1. The van der Waals surface area contributed by atoms with Crippen LogP contribution < -0.4 is 0 Å². The third-order valence-corrected chi connectivity index (χ3v) is 12.0. The molecule has 0 radical (unpaired) electrons. The molecule has 4 atom stereocenters. The molecule has 2 heterocycles. The quantitative estimate of drug-likeness (QED) is 0.149. The van der Waals surface area contributed by atoms with E-state index in [9.17, 15) is 29.6 Å². The van der Waals surface area contributed by atoms with E-state index in [1.807, 2.05) is 13.8 Å². The molecule has 1 N–H and O–H groups in total. The number of fused-ring (bicyclic) bond motifs is 1. The molecular formula is C24H32N2O8Si. The van der Waals surface area contributed by atoms with E-state index in [2.05, 4.69) is 33.9 Å². The topological polar surface area (TPSA) is 136 Å². The number of carbonyl (C=O) groups excluding carboxylic acids is 3. The molecule has 0 aliphatic carbocycles. The molecule has 1 aromatic rings. The van der Waals surface area contributed by atoms with Crippen LogP contribution in [-0.4, -0.2) is 59.8 Å². The Kier molecular flexibility index (Phi) is 7.08. The van der Waals surface area contributed by atoms with E-state index in [1.165, 1.54) is 17.0 Å². The van der Waals surface area contributed by atoms with E-state index in [0.29, 0.717) is 5.57 Å². The molecule has 11 heteroatoms. The molecule has 3 rings (SSSR count). The number of hydrogen-bond donors (Lipinski definition) is 1. The Bertz CT molecular complexity index is 1090. The maximum absolute atomic E-state index is 13.2. The second-order valence-corrected chi connectivity index (χ2v) is 15.4. The normalized spacial score (nSPS) is 23.0. The van der Waals surface area contributed by atoms with E-state index >= 15 is 0 Å². The number of amides is 1. The minimum absolute atomic E-state index is 0.0449. The van der Waals surface area contributed by atoms with Crippen molar-refractivity contribution in [3.63, 3.8) is 0 Å². The van der Waals surface area contributed by atoms with Crippen LogP contribution in [0, 0.1) is 22.0 Å². The Labute approximate surface area is 205 Å². The molecule has 1 saturated heterocycles. The molecule has 35 heavy (non-hydrogen) atoms. The molecule has 1 aromatic carbocycles. The van der Waals surface area contributed by atoms with Gasteiger partial charge in [0, 0.05) is 18.1 Å². The fraction of sp³-hybridized carbons (Fsp3) is 0.542. The highest BCUT2D eigenvalue weighted by Crippen LogP contribution is 2.49. The fourth-order valence-electron chi connectivity index (χ4n) is 4.45. The second kappa shape index (κ2) is 9.28. The Balaban J connectivity index is 1.78. The number of hydrogen-bond acceptors (Lipinski definition) is 8. The zero-order chi connectivity index (χ0) is 26.5. The van der Waals surface area contributed by atoms with Crippen LogP contribution in [-0.2, 0) is 18.8 Å². The molecule has 1 amide bonds. The number of aliphatic hydroxyl groups excluding tert-OH is 1. The number of carbonyl (C=O) groups is 3. The average Bonchev–Trinajstić information content (AvgIpc) is 3.00. The van der Waals surface area contributed by atoms with Gasteiger partial charge in [-0.1, -0.05) is 27.7 Å². The van der Waals surface area contributed by atoms with Gasteiger partial charge in [-0.25, -0.2) is 9.59 Å². The van der Waals surface area contributed by atoms with Crippen molar-refractivity contribution < 1.29 is 33.6 Å². The van der Waals surface area contributed by atoms with E-state index in [0.717, 1.165) is 12.1 Å². The van der Waals surface area contributed by atoms with Crippen molar-refractivity contribution in [3.8, 4) is 0 Å². The van der Waals surface area contributed by atoms with Gasteiger partial charge in [0.2, 0.25) is 5.91 Å². The predicted molar refractivity (Wildman–Crippen MR) is 129 cm³/mol. The van der Waals surface area contributed by atoms with Gasteiger partial charge >= 0.3 is 11.9 Å². The Morgan fingerprint density at radius 1 is 1.20 bits per heavy atom. The number of aliphatic hydroxyl groups is 1. The standard InChI is InChI=1S/C24H32N2O8Si/c1-13-17(12-27)20(23(30)33-22(29)15-8-10-16(11-9-15)26(31)32)25-19(13)18(21(25)28)14(2)34-35(6,7)24(3,4)5/h8-11,13-14,18-19,27H,12H2,1-7H3/t13-,14+,18+,19+/m0/s1. The van der Waals surface area contributed by atoms with Crippen molar-refractivity contribution >= 4 is 31.9 Å². The zero-order valence-corrected chi connectivity index (χ0v) is 22.0. The number of nitrogens with zero attached hydrogens (tertiary/aromatic N) is 2. The summed E-state index contributed by atoms with van der Waals surface area (Å²) in [7, 11) is -2.16.